The van der Waals surface area contributed by atoms with E-state index < -0.39 is 0 Å². The Labute approximate surface area is 180 Å². The molecule has 2 aromatic heterocycles. The maximum Gasteiger partial charge on any atom is 0.317 e. The molecule has 0 atom stereocenters. The summed E-state index contributed by atoms with van der Waals surface area (Å²) in [6.07, 6.45) is 1.53. The van der Waals surface area contributed by atoms with E-state index in [4.69, 9.17) is 8.83 Å². The van der Waals surface area contributed by atoms with E-state index in [1.54, 1.807) is 17.0 Å². The number of carbonyl (C=O) groups is 1. The Morgan fingerprint density at radius 2 is 1.97 bits per heavy atom. The lowest BCUT2D eigenvalue weighted by molar-refractivity contribution is 0.194. The van der Waals surface area contributed by atoms with Crippen LogP contribution in [0.4, 0.5) is 16.4 Å². The van der Waals surface area contributed by atoms with Crippen LogP contribution in [0.15, 0.2) is 57.6 Å². The maximum atomic E-state index is 12.5. The second-order valence-electron chi connectivity index (χ2n) is 7.23. The highest BCUT2D eigenvalue weighted by Crippen LogP contribution is 2.29. The number of hydrogen-bond donors (Lipinski definition) is 1. The second-order valence-corrected chi connectivity index (χ2v) is 7.23. The van der Waals surface area contributed by atoms with Crippen LogP contribution in [0, 0.1) is 11.3 Å². The van der Waals surface area contributed by atoms with Crippen molar-refractivity contribution in [2.24, 2.45) is 0 Å². The van der Waals surface area contributed by atoms with E-state index in [2.05, 4.69) is 21.3 Å². The number of likely N-dealkylation sites (N-methyl/N-ethyl adjacent to an activating group) is 1. The highest BCUT2D eigenvalue weighted by Gasteiger charge is 2.27. The Morgan fingerprint density at radius 1 is 1.19 bits per heavy atom. The van der Waals surface area contributed by atoms with Crippen LogP contribution in [0.3, 0.4) is 0 Å². The molecule has 0 bridgehead atoms. The summed E-state index contributed by atoms with van der Waals surface area (Å²) in [5.41, 5.74) is 1.33. The number of hydrogen-bond acceptors (Lipinski definition) is 7. The summed E-state index contributed by atoms with van der Waals surface area (Å²) < 4.78 is 11.1. The van der Waals surface area contributed by atoms with Gasteiger partial charge in [-0.25, -0.2) is 4.79 Å². The van der Waals surface area contributed by atoms with Crippen molar-refractivity contribution < 1.29 is 13.6 Å². The molecule has 3 heterocycles. The van der Waals surface area contributed by atoms with Crippen molar-refractivity contribution in [3.8, 4) is 17.7 Å². The van der Waals surface area contributed by atoms with Crippen LogP contribution in [0.5, 0.6) is 0 Å². The van der Waals surface area contributed by atoms with Crippen molar-refractivity contribution in [3.63, 3.8) is 0 Å². The lowest BCUT2D eigenvalue weighted by Gasteiger charge is -2.34. The number of piperazine rings is 1. The Bertz CT molecular complexity index is 1030. The Balaban J connectivity index is 1.28. The topological polar surface area (TPSA) is 102 Å². The summed E-state index contributed by atoms with van der Waals surface area (Å²) >= 11 is 0. The predicted molar refractivity (Wildman–Crippen MR) is 116 cm³/mol. The van der Waals surface area contributed by atoms with E-state index in [1.807, 2.05) is 42.3 Å². The highest BCUT2D eigenvalue weighted by atomic mass is 16.4. The number of rotatable bonds is 6. The fourth-order valence-electron chi connectivity index (χ4n) is 3.47. The molecule has 1 fully saturated rings. The maximum absolute atomic E-state index is 12.5. The fraction of sp³-hybridized carbons (Fsp3) is 0.318. The monoisotopic (exact) mass is 420 g/mol. The molecule has 0 saturated carbocycles. The number of carbonyl (C=O) groups excluding carboxylic acids is 1. The van der Waals surface area contributed by atoms with Crippen molar-refractivity contribution >= 4 is 17.6 Å². The summed E-state index contributed by atoms with van der Waals surface area (Å²) in [4.78, 5) is 22.5. The average Bonchev–Trinajstić information content (AvgIpc) is 3.49. The fourth-order valence-corrected chi connectivity index (χ4v) is 3.47. The van der Waals surface area contributed by atoms with Gasteiger partial charge in [0.15, 0.2) is 5.76 Å². The molecule has 1 aliphatic heterocycles. The third kappa shape index (κ3) is 4.64. The minimum atomic E-state index is -0.0875. The van der Waals surface area contributed by atoms with Gasteiger partial charge in [-0.2, -0.15) is 10.2 Å². The molecule has 31 heavy (non-hydrogen) atoms. The number of aromatic nitrogens is 1. The summed E-state index contributed by atoms with van der Waals surface area (Å²) in [7, 11) is 2.00. The van der Waals surface area contributed by atoms with Gasteiger partial charge in [0.2, 0.25) is 11.6 Å². The van der Waals surface area contributed by atoms with Gasteiger partial charge in [0.1, 0.15) is 6.07 Å². The first-order valence-electron chi connectivity index (χ1n) is 10.1. The molecule has 160 valence electrons. The molecular weight excluding hydrogens is 396 g/mol. The van der Waals surface area contributed by atoms with Crippen LogP contribution in [-0.4, -0.2) is 62.2 Å². The summed E-state index contributed by atoms with van der Waals surface area (Å²) in [6.45, 7) is 3.44. The van der Waals surface area contributed by atoms with Crippen molar-refractivity contribution in [1.29, 1.82) is 5.26 Å². The number of amides is 2. The van der Waals surface area contributed by atoms with E-state index in [9.17, 15) is 10.1 Å². The van der Waals surface area contributed by atoms with Crippen molar-refractivity contribution in [1.82, 2.24) is 15.2 Å². The molecule has 0 spiro atoms. The van der Waals surface area contributed by atoms with Crippen molar-refractivity contribution in [3.05, 3.63) is 54.4 Å². The predicted octanol–water partition coefficient (Wildman–Crippen LogP) is 2.77. The molecule has 0 aliphatic carbocycles. The Kier molecular flexibility index (Phi) is 6.08. The average molecular weight is 420 g/mol. The van der Waals surface area contributed by atoms with E-state index in [0.717, 1.165) is 12.2 Å². The number of para-hydroxylation sites is 1. The number of nitriles is 1. The molecule has 0 radical (unpaired) electrons. The first-order chi connectivity index (χ1) is 15.2. The van der Waals surface area contributed by atoms with Gasteiger partial charge in [-0.05, 0) is 24.3 Å². The Hall–Kier alpha value is -3.93. The lowest BCUT2D eigenvalue weighted by Crippen LogP contribution is -2.52. The molecule has 1 saturated heterocycles. The van der Waals surface area contributed by atoms with Crippen LogP contribution in [0.2, 0.25) is 0 Å². The zero-order valence-corrected chi connectivity index (χ0v) is 17.3. The number of anilines is 2. The highest BCUT2D eigenvalue weighted by molar-refractivity contribution is 5.74. The van der Waals surface area contributed by atoms with Gasteiger partial charge in [-0.1, -0.05) is 18.2 Å². The van der Waals surface area contributed by atoms with Crippen LogP contribution < -0.4 is 15.1 Å². The zero-order valence-electron chi connectivity index (χ0n) is 17.3. The third-order valence-corrected chi connectivity index (χ3v) is 5.22. The molecule has 0 unspecified atom stereocenters. The van der Waals surface area contributed by atoms with E-state index in [-0.39, 0.29) is 17.6 Å². The van der Waals surface area contributed by atoms with Crippen LogP contribution in [-0.2, 0) is 0 Å². The van der Waals surface area contributed by atoms with Gasteiger partial charge < -0.3 is 28.9 Å². The van der Waals surface area contributed by atoms with Crippen molar-refractivity contribution in [2.45, 2.75) is 0 Å². The first-order valence-corrected chi connectivity index (χ1v) is 10.1. The normalized spacial score (nSPS) is 13.7. The molecule has 3 aromatic rings. The van der Waals surface area contributed by atoms with Crippen LogP contribution in [0.25, 0.3) is 11.7 Å². The van der Waals surface area contributed by atoms with Gasteiger partial charge in [-0.3, -0.25) is 0 Å². The summed E-state index contributed by atoms with van der Waals surface area (Å²) in [5.74, 6) is 1.17. The van der Waals surface area contributed by atoms with Crippen molar-refractivity contribution in [2.75, 3.05) is 56.1 Å². The van der Waals surface area contributed by atoms with Gasteiger partial charge in [0.05, 0.1) is 6.26 Å². The molecule has 1 aromatic carbocycles. The first kappa shape index (κ1) is 20.3. The molecule has 4 rings (SSSR count). The second kappa shape index (κ2) is 9.26. The largest absolute Gasteiger partial charge is 0.459 e. The number of nitrogens with zero attached hydrogens (tertiary/aromatic N) is 5. The van der Waals surface area contributed by atoms with Gasteiger partial charge in [0.25, 0.3) is 5.89 Å². The summed E-state index contributed by atoms with van der Waals surface area (Å²) in [6, 6.07) is 15.5. The van der Waals surface area contributed by atoms with E-state index in [1.165, 1.54) is 6.26 Å². The van der Waals surface area contributed by atoms with Crippen LogP contribution >= 0.6 is 0 Å². The van der Waals surface area contributed by atoms with E-state index >= 15 is 0 Å². The number of urea groups is 1. The summed E-state index contributed by atoms with van der Waals surface area (Å²) in [5, 5.41) is 12.4. The van der Waals surface area contributed by atoms with Gasteiger partial charge in [-0.15, -0.1) is 0 Å². The Morgan fingerprint density at radius 3 is 2.65 bits per heavy atom. The number of benzene rings is 1. The quantitative estimate of drug-likeness (QED) is 0.654. The molecule has 1 N–H and O–H groups in total. The molecular formula is C22H24N6O3. The molecule has 9 heteroatoms. The van der Waals surface area contributed by atoms with Gasteiger partial charge in [0, 0.05) is 52.0 Å². The smallest absolute Gasteiger partial charge is 0.317 e. The third-order valence-electron chi connectivity index (χ3n) is 5.22. The number of oxazole rings is 1. The minimum absolute atomic E-state index is 0.0875. The van der Waals surface area contributed by atoms with E-state index in [0.29, 0.717) is 44.4 Å². The molecule has 1 aliphatic rings. The number of nitrogens with one attached hydrogen (secondary N) is 1. The molecule has 2 amide bonds. The SMILES string of the molecule is CN(CCNC(=O)N1CCN(c2oc(-c3ccco3)nc2C#N)CC1)c1ccccc1. The lowest BCUT2D eigenvalue weighted by atomic mass is 10.3. The molecule has 9 nitrogen and oxygen atoms in total. The standard InChI is InChI=1S/C22H24N6O3/c1-26(17-6-3-2-4-7-17)10-9-24-22(29)28-13-11-27(12-14-28)21-18(16-23)25-20(31-21)19-8-5-15-30-19/h2-8,15H,9-14H2,1H3,(H,24,29). The number of furan rings is 1. The minimum Gasteiger partial charge on any atom is -0.459 e. The van der Waals surface area contributed by atoms with Crippen LogP contribution in [0.1, 0.15) is 5.69 Å². The van der Waals surface area contributed by atoms with Gasteiger partial charge >= 0.3 is 6.03 Å². The zero-order chi connectivity index (χ0) is 21.6.